The van der Waals surface area contributed by atoms with Gasteiger partial charge in [-0.25, -0.2) is 0 Å². The lowest BCUT2D eigenvalue weighted by molar-refractivity contribution is -0.108. The summed E-state index contributed by atoms with van der Waals surface area (Å²) in [4.78, 5) is 0. The highest BCUT2D eigenvalue weighted by Crippen LogP contribution is 2.39. The van der Waals surface area contributed by atoms with Crippen molar-refractivity contribution in [3.05, 3.63) is 0 Å². The Morgan fingerprint density at radius 1 is 1.00 bits per heavy atom. The minimum Gasteiger partial charge on any atom is -0.381 e. The Hall–Kier alpha value is -0.200. The monoisotopic (exact) mass is 270 g/mol. The van der Waals surface area contributed by atoms with Gasteiger partial charge in [-0.1, -0.05) is 0 Å². The molecule has 0 aromatic carbocycles. The van der Waals surface area contributed by atoms with E-state index in [2.05, 4.69) is 5.43 Å². The first-order chi connectivity index (χ1) is 9.33. The number of nitrogens with two attached hydrogens (primary N) is 1. The van der Waals surface area contributed by atoms with E-state index < -0.39 is 0 Å². The fourth-order valence-corrected chi connectivity index (χ4v) is 3.97. The van der Waals surface area contributed by atoms with Crippen LogP contribution >= 0.6 is 0 Å². The predicted molar refractivity (Wildman–Crippen MR) is 71.5 cm³/mol. The second-order valence-corrected chi connectivity index (χ2v) is 6.23. The zero-order chi connectivity index (χ0) is 13.1. The van der Waals surface area contributed by atoms with E-state index in [1.807, 2.05) is 0 Å². The molecule has 0 amide bonds. The molecule has 3 rings (SSSR count). The van der Waals surface area contributed by atoms with Gasteiger partial charge < -0.3 is 14.2 Å². The lowest BCUT2D eigenvalue weighted by atomic mass is 9.75. The first kappa shape index (κ1) is 13.8. The highest BCUT2D eigenvalue weighted by molar-refractivity contribution is 4.95. The molecular weight excluding hydrogens is 244 g/mol. The third-order valence-electron chi connectivity index (χ3n) is 5.07. The van der Waals surface area contributed by atoms with E-state index in [9.17, 15) is 0 Å². The van der Waals surface area contributed by atoms with Crippen LogP contribution < -0.4 is 11.3 Å². The van der Waals surface area contributed by atoms with Gasteiger partial charge in [-0.15, -0.1) is 0 Å². The van der Waals surface area contributed by atoms with Crippen molar-refractivity contribution in [2.24, 2.45) is 17.7 Å². The SMILES string of the molecule is NNC(C1CCOCC1)C1CCOC2(CCOC2)C1. The summed E-state index contributed by atoms with van der Waals surface area (Å²) < 4.78 is 17.0. The lowest BCUT2D eigenvalue weighted by Crippen LogP contribution is -2.52. The summed E-state index contributed by atoms with van der Waals surface area (Å²) in [5.41, 5.74) is 3.07. The van der Waals surface area contributed by atoms with Gasteiger partial charge in [-0.3, -0.25) is 11.3 Å². The number of hydrazine groups is 1. The lowest BCUT2D eigenvalue weighted by Gasteiger charge is -2.43. The van der Waals surface area contributed by atoms with Crippen LogP contribution in [-0.4, -0.2) is 44.7 Å². The van der Waals surface area contributed by atoms with Gasteiger partial charge >= 0.3 is 0 Å². The topological polar surface area (TPSA) is 65.7 Å². The fourth-order valence-electron chi connectivity index (χ4n) is 3.97. The van der Waals surface area contributed by atoms with Crippen LogP contribution in [0, 0.1) is 11.8 Å². The minimum atomic E-state index is -0.0246. The molecule has 3 unspecified atom stereocenters. The van der Waals surface area contributed by atoms with Gasteiger partial charge in [0, 0.05) is 38.9 Å². The van der Waals surface area contributed by atoms with Crippen LogP contribution in [-0.2, 0) is 14.2 Å². The maximum atomic E-state index is 6.02. The molecule has 110 valence electrons. The highest BCUT2D eigenvalue weighted by atomic mass is 16.6. The quantitative estimate of drug-likeness (QED) is 0.587. The average molecular weight is 270 g/mol. The number of rotatable bonds is 3. The third kappa shape index (κ3) is 2.95. The van der Waals surface area contributed by atoms with E-state index in [1.165, 1.54) is 0 Å². The summed E-state index contributed by atoms with van der Waals surface area (Å²) in [6, 6.07) is 0.394. The van der Waals surface area contributed by atoms with Crippen molar-refractivity contribution in [2.45, 2.75) is 43.7 Å². The normalized spacial score (nSPS) is 38.7. The summed E-state index contributed by atoms with van der Waals surface area (Å²) >= 11 is 0. The molecule has 1 spiro atoms. The highest BCUT2D eigenvalue weighted by Gasteiger charge is 2.44. The summed E-state index contributed by atoms with van der Waals surface area (Å²) in [6.07, 6.45) is 5.47. The summed E-state index contributed by atoms with van der Waals surface area (Å²) in [6.45, 7) is 4.19. The number of nitrogens with one attached hydrogen (secondary N) is 1. The molecule has 3 atom stereocenters. The van der Waals surface area contributed by atoms with Crippen molar-refractivity contribution in [1.82, 2.24) is 5.43 Å². The first-order valence-electron chi connectivity index (χ1n) is 7.59. The van der Waals surface area contributed by atoms with Gasteiger partial charge in [0.25, 0.3) is 0 Å². The number of hydrogen-bond donors (Lipinski definition) is 2. The van der Waals surface area contributed by atoms with Crippen molar-refractivity contribution in [2.75, 3.05) is 33.0 Å². The zero-order valence-electron chi connectivity index (χ0n) is 11.6. The zero-order valence-corrected chi connectivity index (χ0v) is 11.6. The standard InChI is InChI=1S/C14H26N2O3/c15-16-13(11-1-5-17-6-2-11)12-3-7-19-14(9-12)4-8-18-10-14/h11-13,16H,1-10,15H2. The molecule has 0 aromatic heterocycles. The molecule has 19 heavy (non-hydrogen) atoms. The van der Waals surface area contributed by atoms with E-state index in [-0.39, 0.29) is 5.60 Å². The second-order valence-electron chi connectivity index (χ2n) is 6.23. The van der Waals surface area contributed by atoms with Gasteiger partial charge in [-0.05, 0) is 37.5 Å². The third-order valence-corrected chi connectivity index (χ3v) is 5.07. The fraction of sp³-hybridized carbons (Fsp3) is 1.00. The van der Waals surface area contributed by atoms with Crippen molar-refractivity contribution >= 4 is 0 Å². The molecule has 0 bridgehead atoms. The Bertz CT molecular complexity index is 288. The second kappa shape index (κ2) is 6.06. The summed E-state index contributed by atoms with van der Waals surface area (Å²) in [7, 11) is 0. The van der Waals surface area contributed by atoms with Crippen LogP contribution in [0.3, 0.4) is 0 Å². The Morgan fingerprint density at radius 3 is 2.47 bits per heavy atom. The van der Waals surface area contributed by atoms with E-state index in [1.54, 1.807) is 0 Å². The number of hydrogen-bond acceptors (Lipinski definition) is 5. The molecule has 3 aliphatic heterocycles. The molecule has 0 radical (unpaired) electrons. The van der Waals surface area contributed by atoms with E-state index >= 15 is 0 Å². The van der Waals surface area contributed by atoms with Gasteiger partial charge in [0.2, 0.25) is 0 Å². The van der Waals surface area contributed by atoms with Crippen LogP contribution in [0.4, 0.5) is 0 Å². The number of ether oxygens (including phenoxy) is 3. The molecular formula is C14H26N2O3. The van der Waals surface area contributed by atoms with Gasteiger partial charge in [0.05, 0.1) is 12.2 Å². The maximum Gasteiger partial charge on any atom is 0.0939 e. The Morgan fingerprint density at radius 2 is 1.79 bits per heavy atom. The van der Waals surface area contributed by atoms with Crippen LogP contribution in [0.25, 0.3) is 0 Å². The maximum absolute atomic E-state index is 6.02. The van der Waals surface area contributed by atoms with E-state index in [4.69, 9.17) is 20.1 Å². The van der Waals surface area contributed by atoms with Crippen LogP contribution in [0.2, 0.25) is 0 Å². The van der Waals surface area contributed by atoms with Gasteiger partial charge in [0.15, 0.2) is 0 Å². The molecule has 0 aromatic rings. The van der Waals surface area contributed by atoms with Gasteiger partial charge in [-0.2, -0.15) is 0 Å². The molecule has 5 heteroatoms. The summed E-state index contributed by atoms with van der Waals surface area (Å²) in [5.74, 6) is 7.10. The molecule has 0 aliphatic carbocycles. The molecule has 3 heterocycles. The molecule has 3 fully saturated rings. The Balaban J connectivity index is 1.64. The molecule has 5 nitrogen and oxygen atoms in total. The van der Waals surface area contributed by atoms with Crippen LogP contribution in [0.15, 0.2) is 0 Å². The Kier molecular flexibility index (Phi) is 4.39. The van der Waals surface area contributed by atoms with Gasteiger partial charge in [0.1, 0.15) is 0 Å². The largest absolute Gasteiger partial charge is 0.381 e. The first-order valence-corrected chi connectivity index (χ1v) is 7.59. The van der Waals surface area contributed by atoms with Crippen molar-refractivity contribution < 1.29 is 14.2 Å². The molecule has 3 saturated heterocycles. The minimum absolute atomic E-state index is 0.0246. The van der Waals surface area contributed by atoms with Crippen molar-refractivity contribution in [1.29, 1.82) is 0 Å². The van der Waals surface area contributed by atoms with Crippen LogP contribution in [0.1, 0.15) is 32.1 Å². The van der Waals surface area contributed by atoms with E-state index in [0.29, 0.717) is 17.9 Å². The van der Waals surface area contributed by atoms with Crippen molar-refractivity contribution in [3.63, 3.8) is 0 Å². The van der Waals surface area contributed by atoms with Crippen LogP contribution in [0.5, 0.6) is 0 Å². The molecule has 3 aliphatic rings. The average Bonchev–Trinajstić information content (AvgIpc) is 2.89. The van der Waals surface area contributed by atoms with Crippen molar-refractivity contribution in [3.8, 4) is 0 Å². The van der Waals surface area contributed by atoms with E-state index in [0.717, 1.165) is 65.1 Å². The molecule has 0 saturated carbocycles. The summed E-state index contributed by atoms with van der Waals surface area (Å²) in [5, 5.41) is 0. The predicted octanol–water partition coefficient (Wildman–Crippen LogP) is 0.831. The smallest absolute Gasteiger partial charge is 0.0939 e. The molecule has 3 N–H and O–H groups in total. The Labute approximate surface area is 115 Å².